The predicted molar refractivity (Wildman–Crippen MR) is 77.1 cm³/mol. The van der Waals surface area contributed by atoms with E-state index in [2.05, 4.69) is 36.1 Å². The summed E-state index contributed by atoms with van der Waals surface area (Å²) in [4.78, 5) is 15.0. The van der Waals surface area contributed by atoms with Gasteiger partial charge >= 0.3 is 0 Å². The van der Waals surface area contributed by atoms with Crippen LogP contribution in [0.1, 0.15) is 38.2 Å². The standard InChI is InChI=1S/C17H23NO/c1-2-6-15-12-14-9-10-18(15)16(17(14)19)11-13-7-4-3-5-8-13/h3-5,7-8,14-16H,2,6,9-12H2,1H3. The van der Waals surface area contributed by atoms with E-state index in [9.17, 15) is 4.79 Å². The van der Waals surface area contributed by atoms with Gasteiger partial charge in [0, 0.05) is 12.0 Å². The molecule has 2 nitrogen and oxygen atoms in total. The molecule has 0 amide bonds. The van der Waals surface area contributed by atoms with Crippen LogP contribution in [0.15, 0.2) is 30.3 Å². The van der Waals surface area contributed by atoms with E-state index >= 15 is 0 Å². The maximum absolute atomic E-state index is 12.5. The second kappa shape index (κ2) is 5.46. The van der Waals surface area contributed by atoms with Gasteiger partial charge in [0.2, 0.25) is 0 Å². The third kappa shape index (κ3) is 2.46. The molecule has 4 rings (SSSR count). The van der Waals surface area contributed by atoms with Crippen LogP contribution >= 0.6 is 0 Å². The molecule has 0 aromatic heterocycles. The maximum Gasteiger partial charge on any atom is 0.153 e. The van der Waals surface area contributed by atoms with Crippen molar-refractivity contribution in [2.24, 2.45) is 5.92 Å². The predicted octanol–water partition coefficient (Wildman–Crippen LogP) is 3.06. The number of piperidine rings is 3. The minimum absolute atomic E-state index is 0.145. The highest BCUT2D eigenvalue weighted by atomic mass is 16.1. The maximum atomic E-state index is 12.5. The summed E-state index contributed by atoms with van der Waals surface area (Å²) in [7, 11) is 0. The van der Waals surface area contributed by atoms with E-state index in [1.165, 1.54) is 18.4 Å². The Morgan fingerprint density at radius 3 is 2.79 bits per heavy atom. The minimum atomic E-state index is 0.145. The van der Waals surface area contributed by atoms with E-state index in [1.807, 2.05) is 6.07 Å². The Morgan fingerprint density at radius 1 is 1.26 bits per heavy atom. The second-order valence-electron chi connectivity index (χ2n) is 6.01. The van der Waals surface area contributed by atoms with Gasteiger partial charge < -0.3 is 0 Å². The Morgan fingerprint density at radius 2 is 2.05 bits per heavy atom. The quantitative estimate of drug-likeness (QED) is 0.826. The van der Waals surface area contributed by atoms with Crippen LogP contribution in [0, 0.1) is 5.92 Å². The van der Waals surface area contributed by atoms with Crippen molar-refractivity contribution >= 4 is 5.78 Å². The number of Topliss-reactive ketones (excluding diaryl/α,β-unsaturated/α-hetero) is 1. The smallest absolute Gasteiger partial charge is 0.153 e. The molecule has 0 aliphatic carbocycles. The Hall–Kier alpha value is -1.15. The molecule has 102 valence electrons. The van der Waals surface area contributed by atoms with E-state index in [0.29, 0.717) is 17.7 Å². The van der Waals surface area contributed by atoms with Crippen LogP contribution in [0.2, 0.25) is 0 Å². The van der Waals surface area contributed by atoms with E-state index in [1.54, 1.807) is 0 Å². The first kappa shape index (κ1) is 12.9. The molecule has 3 fully saturated rings. The van der Waals surface area contributed by atoms with Crippen LogP contribution in [-0.2, 0) is 11.2 Å². The molecule has 3 saturated heterocycles. The fourth-order valence-corrected chi connectivity index (χ4v) is 3.85. The molecule has 4 atom stereocenters. The summed E-state index contributed by atoms with van der Waals surface area (Å²) in [6, 6.07) is 11.3. The third-order valence-corrected chi connectivity index (χ3v) is 4.79. The van der Waals surface area contributed by atoms with E-state index < -0.39 is 0 Å². The lowest BCUT2D eigenvalue weighted by Gasteiger charge is -2.49. The molecular weight excluding hydrogens is 234 g/mol. The Labute approximate surface area is 115 Å². The van der Waals surface area contributed by atoms with E-state index in [0.717, 1.165) is 25.8 Å². The van der Waals surface area contributed by atoms with Gasteiger partial charge in [-0.15, -0.1) is 0 Å². The van der Waals surface area contributed by atoms with Gasteiger partial charge in [-0.05, 0) is 37.8 Å². The number of benzene rings is 1. The molecule has 4 unspecified atom stereocenters. The third-order valence-electron chi connectivity index (χ3n) is 4.79. The van der Waals surface area contributed by atoms with Crippen LogP contribution in [0.25, 0.3) is 0 Å². The molecule has 3 heterocycles. The van der Waals surface area contributed by atoms with Crippen molar-refractivity contribution in [3.05, 3.63) is 35.9 Å². The molecule has 0 radical (unpaired) electrons. The van der Waals surface area contributed by atoms with Gasteiger partial charge in [0.25, 0.3) is 0 Å². The molecule has 2 bridgehead atoms. The van der Waals surface area contributed by atoms with Gasteiger partial charge in [-0.25, -0.2) is 0 Å². The van der Waals surface area contributed by atoms with Crippen molar-refractivity contribution in [2.45, 2.75) is 51.1 Å². The first-order valence-corrected chi connectivity index (χ1v) is 7.63. The van der Waals surface area contributed by atoms with Gasteiger partial charge in [-0.3, -0.25) is 9.69 Å². The van der Waals surface area contributed by atoms with Crippen LogP contribution in [0.3, 0.4) is 0 Å². The summed E-state index contributed by atoms with van der Waals surface area (Å²) < 4.78 is 0. The monoisotopic (exact) mass is 257 g/mol. The normalized spacial score (nSPS) is 33.6. The summed E-state index contributed by atoms with van der Waals surface area (Å²) in [6.45, 7) is 3.37. The molecule has 19 heavy (non-hydrogen) atoms. The Balaban J connectivity index is 1.78. The van der Waals surface area contributed by atoms with Crippen LogP contribution < -0.4 is 0 Å². The molecule has 3 aliphatic heterocycles. The average Bonchev–Trinajstić information content (AvgIpc) is 2.45. The van der Waals surface area contributed by atoms with Crippen molar-refractivity contribution in [1.82, 2.24) is 4.90 Å². The molecule has 0 spiro atoms. The van der Waals surface area contributed by atoms with Crippen molar-refractivity contribution < 1.29 is 4.79 Å². The largest absolute Gasteiger partial charge is 0.298 e. The molecule has 3 aliphatic rings. The SMILES string of the molecule is CCCC1CC2CCN1C(Cc1ccccc1)C2=O. The number of hydrogen-bond donors (Lipinski definition) is 0. The Kier molecular flexibility index (Phi) is 3.69. The zero-order valence-corrected chi connectivity index (χ0v) is 11.7. The first-order chi connectivity index (χ1) is 9.29. The number of fused-ring (bicyclic) bond motifs is 3. The first-order valence-electron chi connectivity index (χ1n) is 7.63. The summed E-state index contributed by atoms with van der Waals surface area (Å²) in [5, 5.41) is 0. The summed E-state index contributed by atoms with van der Waals surface area (Å²) in [5.41, 5.74) is 1.30. The van der Waals surface area contributed by atoms with Crippen molar-refractivity contribution in [3.8, 4) is 0 Å². The van der Waals surface area contributed by atoms with Crippen molar-refractivity contribution in [2.75, 3.05) is 6.54 Å². The number of nitrogens with zero attached hydrogens (tertiary/aromatic N) is 1. The average molecular weight is 257 g/mol. The number of carbonyl (C=O) groups excluding carboxylic acids is 1. The zero-order valence-electron chi connectivity index (χ0n) is 11.7. The molecule has 1 aromatic carbocycles. The highest BCUT2D eigenvalue weighted by Crippen LogP contribution is 2.36. The van der Waals surface area contributed by atoms with Gasteiger partial charge in [0.05, 0.1) is 6.04 Å². The minimum Gasteiger partial charge on any atom is -0.298 e. The fourth-order valence-electron chi connectivity index (χ4n) is 3.85. The molecule has 0 N–H and O–H groups in total. The second-order valence-corrected chi connectivity index (χ2v) is 6.01. The van der Waals surface area contributed by atoms with E-state index in [-0.39, 0.29) is 6.04 Å². The van der Waals surface area contributed by atoms with Crippen LogP contribution in [0.4, 0.5) is 0 Å². The van der Waals surface area contributed by atoms with Crippen molar-refractivity contribution in [1.29, 1.82) is 0 Å². The molecular formula is C17H23NO. The number of rotatable bonds is 4. The van der Waals surface area contributed by atoms with Gasteiger partial charge in [-0.2, -0.15) is 0 Å². The van der Waals surface area contributed by atoms with Crippen molar-refractivity contribution in [3.63, 3.8) is 0 Å². The number of hydrogen-bond acceptors (Lipinski definition) is 2. The summed E-state index contributed by atoms with van der Waals surface area (Å²) >= 11 is 0. The van der Waals surface area contributed by atoms with Gasteiger partial charge in [0.15, 0.2) is 5.78 Å². The number of ketones is 1. The molecule has 1 aromatic rings. The summed E-state index contributed by atoms with van der Waals surface area (Å²) in [6.07, 6.45) is 5.56. The summed E-state index contributed by atoms with van der Waals surface area (Å²) in [5.74, 6) is 0.845. The van der Waals surface area contributed by atoms with Gasteiger partial charge in [0.1, 0.15) is 0 Å². The Bertz CT molecular complexity index is 442. The van der Waals surface area contributed by atoms with Crippen LogP contribution in [0.5, 0.6) is 0 Å². The van der Waals surface area contributed by atoms with E-state index in [4.69, 9.17) is 0 Å². The molecule has 0 saturated carbocycles. The number of carbonyl (C=O) groups is 1. The highest BCUT2D eigenvalue weighted by molar-refractivity contribution is 5.88. The van der Waals surface area contributed by atoms with Crippen LogP contribution in [-0.4, -0.2) is 29.3 Å². The lowest BCUT2D eigenvalue weighted by atomic mass is 9.75. The molecule has 2 heteroatoms. The lowest BCUT2D eigenvalue weighted by molar-refractivity contribution is -0.141. The highest BCUT2D eigenvalue weighted by Gasteiger charge is 2.45. The zero-order chi connectivity index (χ0) is 13.2. The lowest BCUT2D eigenvalue weighted by Crippen LogP contribution is -2.60. The van der Waals surface area contributed by atoms with Gasteiger partial charge in [-0.1, -0.05) is 43.7 Å². The topological polar surface area (TPSA) is 20.3 Å². The fraction of sp³-hybridized carbons (Fsp3) is 0.588.